The molecular formula is C51H34O. The molecule has 0 saturated heterocycles. The van der Waals surface area contributed by atoms with Crippen LogP contribution in [0.2, 0.25) is 0 Å². The Morgan fingerprint density at radius 1 is 0.346 bits per heavy atom. The maximum Gasteiger partial charge on any atom is 0.136 e. The fraction of sp³-hybridized carbons (Fsp3) is 0.0588. The quantitative estimate of drug-likeness (QED) is 0.172. The van der Waals surface area contributed by atoms with E-state index in [2.05, 4.69) is 184 Å². The van der Waals surface area contributed by atoms with Crippen LogP contribution in [0, 0.1) is 0 Å². The third-order valence-corrected chi connectivity index (χ3v) is 11.6. The average Bonchev–Trinajstić information content (AvgIpc) is 3.66. The highest BCUT2D eigenvalue weighted by molar-refractivity contribution is 6.22. The molecule has 1 heteroatoms. The van der Waals surface area contributed by atoms with E-state index in [4.69, 9.17) is 4.42 Å². The van der Waals surface area contributed by atoms with Crippen molar-refractivity contribution in [3.8, 4) is 44.5 Å². The molecule has 1 aromatic heterocycles. The molecule has 9 aromatic carbocycles. The highest BCUT2D eigenvalue weighted by atomic mass is 16.3. The normalized spacial score (nSPS) is 13.3. The fourth-order valence-electron chi connectivity index (χ4n) is 9.11. The molecule has 1 heterocycles. The van der Waals surface area contributed by atoms with E-state index in [-0.39, 0.29) is 5.41 Å². The second kappa shape index (κ2) is 10.8. The lowest BCUT2D eigenvalue weighted by molar-refractivity contribution is 0.660. The smallest absolute Gasteiger partial charge is 0.136 e. The minimum atomic E-state index is -0.0403. The maximum absolute atomic E-state index is 6.40. The Kier molecular flexibility index (Phi) is 6.08. The highest BCUT2D eigenvalue weighted by Crippen LogP contribution is 2.50. The maximum atomic E-state index is 6.40. The molecule has 0 amide bonds. The van der Waals surface area contributed by atoms with Crippen molar-refractivity contribution < 1.29 is 4.42 Å². The summed E-state index contributed by atoms with van der Waals surface area (Å²) in [6.07, 6.45) is 0. The summed E-state index contributed by atoms with van der Waals surface area (Å²) in [6.45, 7) is 4.71. The number of furan rings is 1. The van der Waals surface area contributed by atoms with E-state index >= 15 is 0 Å². The molecule has 0 bridgehead atoms. The zero-order chi connectivity index (χ0) is 34.6. The first-order chi connectivity index (χ1) is 25.5. The van der Waals surface area contributed by atoms with Gasteiger partial charge in [0.2, 0.25) is 0 Å². The van der Waals surface area contributed by atoms with Crippen LogP contribution < -0.4 is 0 Å². The molecule has 0 atom stereocenters. The Balaban J connectivity index is 1.10. The monoisotopic (exact) mass is 662 g/mol. The van der Waals surface area contributed by atoms with Gasteiger partial charge in [0.25, 0.3) is 0 Å². The van der Waals surface area contributed by atoms with Crippen LogP contribution in [0.15, 0.2) is 174 Å². The van der Waals surface area contributed by atoms with Crippen LogP contribution in [0.5, 0.6) is 0 Å². The van der Waals surface area contributed by atoms with Gasteiger partial charge in [-0.15, -0.1) is 0 Å². The largest absolute Gasteiger partial charge is 0.456 e. The van der Waals surface area contributed by atoms with E-state index < -0.39 is 0 Å². The molecular weight excluding hydrogens is 629 g/mol. The molecule has 1 nitrogen and oxygen atoms in total. The summed E-state index contributed by atoms with van der Waals surface area (Å²) in [5, 5.41) is 9.70. The molecule has 10 aromatic rings. The minimum Gasteiger partial charge on any atom is -0.456 e. The van der Waals surface area contributed by atoms with Crippen LogP contribution in [0.1, 0.15) is 25.0 Å². The first-order valence-electron chi connectivity index (χ1n) is 18.2. The van der Waals surface area contributed by atoms with E-state index in [9.17, 15) is 0 Å². The SMILES string of the molecule is CC1(C)c2ccccc2-c2ccc(-c3cccc(-c4c5ccccc5c(-c5ccc6oc7cc8ccccc8cc7c6c5)c5ccccc45)c3)cc21. The van der Waals surface area contributed by atoms with Crippen LogP contribution in [-0.2, 0) is 5.41 Å². The van der Waals surface area contributed by atoms with Gasteiger partial charge in [-0.2, -0.15) is 0 Å². The molecule has 1 aliphatic rings. The zero-order valence-corrected chi connectivity index (χ0v) is 29.1. The van der Waals surface area contributed by atoms with E-state index in [1.54, 1.807) is 0 Å². The number of hydrogen-bond acceptors (Lipinski definition) is 1. The lowest BCUT2D eigenvalue weighted by Crippen LogP contribution is -2.14. The molecule has 0 unspecified atom stereocenters. The second-order valence-corrected chi connectivity index (χ2v) is 14.9. The zero-order valence-electron chi connectivity index (χ0n) is 29.1. The van der Waals surface area contributed by atoms with Crippen molar-refractivity contribution in [3.63, 3.8) is 0 Å². The van der Waals surface area contributed by atoms with Crippen molar-refractivity contribution >= 4 is 54.3 Å². The Hall–Kier alpha value is -6.44. The molecule has 0 fully saturated rings. The summed E-state index contributed by atoms with van der Waals surface area (Å²) in [5.74, 6) is 0. The van der Waals surface area contributed by atoms with Gasteiger partial charge in [0.15, 0.2) is 0 Å². The molecule has 0 spiro atoms. The van der Waals surface area contributed by atoms with Crippen molar-refractivity contribution in [1.82, 2.24) is 0 Å². The third-order valence-electron chi connectivity index (χ3n) is 11.6. The fourth-order valence-corrected chi connectivity index (χ4v) is 9.11. The predicted molar refractivity (Wildman–Crippen MR) is 220 cm³/mol. The minimum absolute atomic E-state index is 0.0403. The highest BCUT2D eigenvalue weighted by Gasteiger charge is 2.35. The van der Waals surface area contributed by atoms with E-state index in [0.29, 0.717) is 0 Å². The van der Waals surface area contributed by atoms with Crippen molar-refractivity contribution in [2.45, 2.75) is 19.3 Å². The van der Waals surface area contributed by atoms with Crippen molar-refractivity contribution in [1.29, 1.82) is 0 Å². The van der Waals surface area contributed by atoms with Gasteiger partial charge in [-0.3, -0.25) is 0 Å². The molecule has 1 aliphatic carbocycles. The second-order valence-electron chi connectivity index (χ2n) is 14.9. The first kappa shape index (κ1) is 29.3. The van der Waals surface area contributed by atoms with E-state index in [1.165, 1.54) is 88.0 Å². The summed E-state index contributed by atoms with van der Waals surface area (Å²) >= 11 is 0. The molecule has 0 saturated carbocycles. The first-order valence-corrected chi connectivity index (χ1v) is 18.2. The van der Waals surface area contributed by atoms with Crippen LogP contribution in [0.3, 0.4) is 0 Å². The van der Waals surface area contributed by atoms with Crippen LogP contribution in [0.4, 0.5) is 0 Å². The Morgan fingerprint density at radius 3 is 1.62 bits per heavy atom. The Bertz CT molecular complexity index is 3040. The van der Waals surface area contributed by atoms with E-state index in [0.717, 1.165) is 21.9 Å². The predicted octanol–water partition coefficient (Wildman–Crippen LogP) is 14.4. The summed E-state index contributed by atoms with van der Waals surface area (Å²) in [4.78, 5) is 0. The average molecular weight is 663 g/mol. The molecule has 11 rings (SSSR count). The molecule has 52 heavy (non-hydrogen) atoms. The molecule has 244 valence electrons. The molecule has 0 radical (unpaired) electrons. The van der Waals surface area contributed by atoms with Gasteiger partial charge in [-0.25, -0.2) is 0 Å². The summed E-state index contributed by atoms with van der Waals surface area (Å²) < 4.78 is 6.40. The van der Waals surface area contributed by atoms with Gasteiger partial charge < -0.3 is 4.42 Å². The summed E-state index contributed by atoms with van der Waals surface area (Å²) in [6, 6.07) is 62.5. The van der Waals surface area contributed by atoms with E-state index in [1.807, 2.05) is 0 Å². The molecule has 0 aliphatic heterocycles. The van der Waals surface area contributed by atoms with Gasteiger partial charge >= 0.3 is 0 Å². The standard InChI is InChI=1S/C51H34O/c1-51(2)45-21-10-9-16-37(45)38-24-22-34(29-46(38)51)31-14-11-15-35(26-31)49-39-17-5-7-19-41(39)50(42-20-8-6-18-40(42)49)36-23-25-47-43(28-36)44-27-32-12-3-4-13-33(32)30-48(44)52-47/h3-30H,1-2H3. The number of rotatable bonds is 3. The lowest BCUT2D eigenvalue weighted by atomic mass is 9.81. The third kappa shape index (κ3) is 4.17. The van der Waals surface area contributed by atoms with Crippen molar-refractivity contribution in [2.24, 2.45) is 0 Å². The number of benzene rings is 9. The van der Waals surface area contributed by atoms with Gasteiger partial charge in [-0.1, -0.05) is 147 Å². The summed E-state index contributed by atoms with van der Waals surface area (Å²) in [7, 11) is 0. The van der Waals surface area contributed by atoms with Gasteiger partial charge in [0.05, 0.1) is 0 Å². The van der Waals surface area contributed by atoms with Crippen molar-refractivity contribution in [2.75, 3.05) is 0 Å². The van der Waals surface area contributed by atoms with Crippen LogP contribution >= 0.6 is 0 Å². The van der Waals surface area contributed by atoms with Crippen LogP contribution in [-0.4, -0.2) is 0 Å². The van der Waals surface area contributed by atoms with Crippen LogP contribution in [0.25, 0.3) is 98.8 Å². The number of hydrogen-bond donors (Lipinski definition) is 0. The number of fused-ring (bicyclic) bond motifs is 9. The topological polar surface area (TPSA) is 13.1 Å². The Labute approximate surface area is 302 Å². The molecule has 0 N–H and O–H groups in total. The van der Waals surface area contributed by atoms with Crippen molar-refractivity contribution in [3.05, 3.63) is 181 Å². The van der Waals surface area contributed by atoms with Gasteiger partial charge in [0, 0.05) is 16.2 Å². The summed E-state index contributed by atoms with van der Waals surface area (Å²) in [5.41, 5.74) is 14.7. The Morgan fingerprint density at radius 2 is 0.885 bits per heavy atom. The van der Waals surface area contributed by atoms with Gasteiger partial charge in [0.1, 0.15) is 11.2 Å². The lowest BCUT2D eigenvalue weighted by Gasteiger charge is -2.22. The van der Waals surface area contributed by atoms with Gasteiger partial charge in [-0.05, 0) is 124 Å².